The highest BCUT2D eigenvalue weighted by atomic mass is 16.5. The van der Waals surface area contributed by atoms with E-state index in [-0.39, 0.29) is 12.5 Å². The number of nitrogens with one attached hydrogen (secondary N) is 1. The van der Waals surface area contributed by atoms with Gasteiger partial charge in [0.25, 0.3) is 0 Å². The number of methoxy groups -OCH3 is 1. The first-order valence-electron chi connectivity index (χ1n) is 5.88. The Morgan fingerprint density at radius 3 is 2.59 bits per heavy atom. The number of carbonyl (C=O) groups excluding carboxylic acids is 1. The zero-order valence-corrected chi connectivity index (χ0v) is 10.1. The van der Waals surface area contributed by atoms with E-state index in [1.165, 1.54) is 20.0 Å². The third-order valence-electron chi connectivity index (χ3n) is 2.90. The van der Waals surface area contributed by atoms with Crippen LogP contribution in [0.1, 0.15) is 19.3 Å². The normalized spacial score (nSPS) is 17.9. The molecule has 1 unspecified atom stereocenters. The summed E-state index contributed by atoms with van der Waals surface area (Å²) in [5.74, 6) is -1.19. The Balaban J connectivity index is 2.13. The van der Waals surface area contributed by atoms with Crippen LogP contribution in [-0.2, 0) is 14.3 Å². The summed E-state index contributed by atoms with van der Waals surface area (Å²) in [6.07, 6.45) is 1.85. The van der Waals surface area contributed by atoms with Gasteiger partial charge in [-0.3, -0.25) is 4.79 Å². The molecule has 6 nitrogen and oxygen atoms in total. The molecule has 0 aromatic carbocycles. The average molecular weight is 244 g/mol. The Kier molecular flexibility index (Phi) is 5.93. The van der Waals surface area contributed by atoms with E-state index < -0.39 is 12.1 Å². The molecule has 1 atom stereocenters. The number of aliphatic carboxylic acids is 1. The molecule has 0 aromatic heterocycles. The third-order valence-corrected chi connectivity index (χ3v) is 2.90. The van der Waals surface area contributed by atoms with Crippen LogP contribution in [0.5, 0.6) is 0 Å². The van der Waals surface area contributed by atoms with Gasteiger partial charge in [0.15, 0.2) is 6.10 Å². The molecule has 1 heterocycles. The van der Waals surface area contributed by atoms with E-state index in [0.29, 0.717) is 6.42 Å². The predicted octanol–water partition coefficient (Wildman–Crippen LogP) is -0.312. The first-order chi connectivity index (χ1) is 8.13. The van der Waals surface area contributed by atoms with Crippen molar-refractivity contribution in [2.45, 2.75) is 25.4 Å². The monoisotopic (exact) mass is 244 g/mol. The standard InChI is InChI=1S/C11H20N2O4/c1-17-9(11(15)16)8-12-10(14)4-7-13-5-2-3-6-13/h9H,2-8H2,1H3,(H,12,14)(H,15,16). The van der Waals surface area contributed by atoms with Gasteiger partial charge in [-0.1, -0.05) is 0 Å². The number of carboxylic acid groups (broad SMARTS) is 1. The summed E-state index contributed by atoms with van der Waals surface area (Å²) in [5.41, 5.74) is 0. The van der Waals surface area contributed by atoms with E-state index in [1.807, 2.05) is 0 Å². The van der Waals surface area contributed by atoms with Crippen molar-refractivity contribution in [3.63, 3.8) is 0 Å². The molecule has 0 aliphatic carbocycles. The second-order valence-corrected chi connectivity index (χ2v) is 4.17. The molecule has 0 bridgehead atoms. The van der Waals surface area contributed by atoms with Crippen LogP contribution in [0.25, 0.3) is 0 Å². The van der Waals surface area contributed by atoms with Crippen molar-refractivity contribution >= 4 is 11.9 Å². The second kappa shape index (κ2) is 7.24. The van der Waals surface area contributed by atoms with Gasteiger partial charge in [-0.2, -0.15) is 0 Å². The van der Waals surface area contributed by atoms with E-state index in [2.05, 4.69) is 10.2 Å². The van der Waals surface area contributed by atoms with Crippen molar-refractivity contribution in [2.24, 2.45) is 0 Å². The number of carbonyl (C=O) groups is 2. The van der Waals surface area contributed by atoms with Gasteiger partial charge < -0.3 is 20.1 Å². The zero-order chi connectivity index (χ0) is 12.7. The molecule has 0 spiro atoms. The molecule has 1 rings (SSSR count). The Bertz CT molecular complexity index is 264. The van der Waals surface area contributed by atoms with Crippen LogP contribution in [0.15, 0.2) is 0 Å². The molecule has 1 aliphatic heterocycles. The van der Waals surface area contributed by atoms with Crippen molar-refractivity contribution in [2.75, 3.05) is 33.3 Å². The van der Waals surface area contributed by atoms with E-state index >= 15 is 0 Å². The summed E-state index contributed by atoms with van der Waals surface area (Å²) >= 11 is 0. The smallest absolute Gasteiger partial charge is 0.334 e. The maximum atomic E-state index is 11.5. The number of likely N-dealkylation sites (tertiary alicyclic amines) is 1. The Morgan fingerprint density at radius 1 is 1.41 bits per heavy atom. The molecule has 17 heavy (non-hydrogen) atoms. The highest BCUT2D eigenvalue weighted by molar-refractivity contribution is 5.78. The second-order valence-electron chi connectivity index (χ2n) is 4.17. The van der Waals surface area contributed by atoms with Gasteiger partial charge in [0, 0.05) is 20.1 Å². The highest BCUT2D eigenvalue weighted by Gasteiger charge is 2.18. The predicted molar refractivity (Wildman–Crippen MR) is 61.7 cm³/mol. The van der Waals surface area contributed by atoms with Gasteiger partial charge >= 0.3 is 5.97 Å². The molecular formula is C11H20N2O4. The van der Waals surface area contributed by atoms with Crippen LogP contribution in [-0.4, -0.2) is 61.3 Å². The zero-order valence-electron chi connectivity index (χ0n) is 10.1. The van der Waals surface area contributed by atoms with Crippen LogP contribution in [0.2, 0.25) is 0 Å². The molecular weight excluding hydrogens is 224 g/mol. The van der Waals surface area contributed by atoms with Gasteiger partial charge in [-0.05, 0) is 25.9 Å². The van der Waals surface area contributed by atoms with E-state index in [1.54, 1.807) is 0 Å². The molecule has 98 valence electrons. The van der Waals surface area contributed by atoms with Crippen molar-refractivity contribution in [1.82, 2.24) is 10.2 Å². The van der Waals surface area contributed by atoms with E-state index in [0.717, 1.165) is 19.6 Å². The number of hydrogen-bond acceptors (Lipinski definition) is 4. The fourth-order valence-electron chi connectivity index (χ4n) is 1.83. The molecule has 1 saturated heterocycles. The highest BCUT2D eigenvalue weighted by Crippen LogP contribution is 2.07. The van der Waals surface area contributed by atoms with E-state index in [9.17, 15) is 9.59 Å². The van der Waals surface area contributed by atoms with Crippen LogP contribution in [0, 0.1) is 0 Å². The lowest BCUT2D eigenvalue weighted by Gasteiger charge is -2.15. The SMILES string of the molecule is COC(CNC(=O)CCN1CCCC1)C(=O)O. The fourth-order valence-corrected chi connectivity index (χ4v) is 1.83. The number of nitrogens with zero attached hydrogens (tertiary/aromatic N) is 1. The van der Waals surface area contributed by atoms with Gasteiger partial charge in [-0.25, -0.2) is 4.79 Å². The first kappa shape index (κ1) is 13.9. The van der Waals surface area contributed by atoms with E-state index in [4.69, 9.17) is 9.84 Å². The molecule has 6 heteroatoms. The Morgan fingerprint density at radius 2 is 2.06 bits per heavy atom. The van der Waals surface area contributed by atoms with Crippen LogP contribution in [0.3, 0.4) is 0 Å². The molecule has 0 radical (unpaired) electrons. The maximum absolute atomic E-state index is 11.5. The maximum Gasteiger partial charge on any atom is 0.334 e. The largest absolute Gasteiger partial charge is 0.479 e. The lowest BCUT2D eigenvalue weighted by molar-refractivity contribution is -0.148. The van der Waals surface area contributed by atoms with Crippen molar-refractivity contribution in [3.05, 3.63) is 0 Å². The summed E-state index contributed by atoms with van der Waals surface area (Å²) in [5, 5.41) is 11.3. The minimum absolute atomic E-state index is 0.0185. The summed E-state index contributed by atoms with van der Waals surface area (Å²) in [6.45, 7) is 2.88. The van der Waals surface area contributed by atoms with Gasteiger partial charge in [0.05, 0.1) is 6.54 Å². The lowest BCUT2D eigenvalue weighted by Crippen LogP contribution is -2.38. The summed E-state index contributed by atoms with van der Waals surface area (Å²) in [6, 6.07) is 0. The molecule has 1 fully saturated rings. The van der Waals surface area contributed by atoms with Crippen molar-refractivity contribution in [3.8, 4) is 0 Å². The fraction of sp³-hybridized carbons (Fsp3) is 0.818. The number of carboxylic acids is 1. The topological polar surface area (TPSA) is 78.9 Å². The number of hydrogen-bond donors (Lipinski definition) is 2. The number of ether oxygens (including phenoxy) is 1. The molecule has 0 aromatic rings. The van der Waals surface area contributed by atoms with Gasteiger partial charge in [0.2, 0.25) is 5.91 Å². The summed E-state index contributed by atoms with van der Waals surface area (Å²) in [4.78, 5) is 24.3. The minimum atomic E-state index is -1.06. The third kappa shape index (κ3) is 5.14. The number of rotatable bonds is 7. The summed E-state index contributed by atoms with van der Waals surface area (Å²) in [7, 11) is 1.31. The molecule has 1 aliphatic rings. The van der Waals surface area contributed by atoms with Crippen LogP contribution in [0.4, 0.5) is 0 Å². The summed E-state index contributed by atoms with van der Waals surface area (Å²) < 4.78 is 4.72. The lowest BCUT2D eigenvalue weighted by atomic mass is 10.3. The Hall–Kier alpha value is -1.14. The van der Waals surface area contributed by atoms with Gasteiger partial charge in [0.1, 0.15) is 0 Å². The van der Waals surface area contributed by atoms with Crippen molar-refractivity contribution in [1.29, 1.82) is 0 Å². The molecule has 1 amide bonds. The quantitative estimate of drug-likeness (QED) is 0.642. The average Bonchev–Trinajstić information content (AvgIpc) is 2.79. The number of amides is 1. The van der Waals surface area contributed by atoms with Crippen LogP contribution >= 0.6 is 0 Å². The van der Waals surface area contributed by atoms with Gasteiger partial charge in [-0.15, -0.1) is 0 Å². The minimum Gasteiger partial charge on any atom is -0.479 e. The Labute approximate surface area is 101 Å². The first-order valence-corrected chi connectivity index (χ1v) is 5.88. The van der Waals surface area contributed by atoms with Crippen LogP contribution < -0.4 is 5.32 Å². The molecule has 0 saturated carbocycles. The van der Waals surface area contributed by atoms with Crippen molar-refractivity contribution < 1.29 is 19.4 Å². The molecule has 2 N–H and O–H groups in total.